The van der Waals surface area contributed by atoms with Crippen molar-refractivity contribution in [2.24, 2.45) is 5.41 Å². The molecule has 4 aliphatic carbocycles. The van der Waals surface area contributed by atoms with Gasteiger partial charge in [-0.3, -0.25) is 9.59 Å². The lowest BCUT2D eigenvalue weighted by Crippen LogP contribution is -2.39. The third kappa shape index (κ3) is 15.4. The Hall–Kier alpha value is -4.61. The maximum Gasteiger partial charge on any atom is 0.232 e. The number of halogens is 1. The van der Waals surface area contributed by atoms with Crippen molar-refractivity contribution in [3.8, 4) is 0 Å². The highest BCUT2D eigenvalue weighted by Gasteiger charge is 2.33. The SMILES string of the molecule is CCN(c1nc(C=O)cs1)C1CC1.CCN(c1nc(CCl)cs1)C1CC1.CCN(c1nc(CN(C(=O)C(C)(C)C)c2ccccc2)cs1)C1CC1.CCN(c1nc(CNc2ccccc2)cs1)C1CC1. The fourth-order valence-electron chi connectivity index (χ4n) is 7.91. The molecule has 0 saturated heterocycles. The molecule has 4 aliphatic rings. The number of aromatic nitrogens is 4. The highest BCUT2D eigenvalue weighted by molar-refractivity contribution is 7.14. The van der Waals surface area contributed by atoms with E-state index >= 15 is 0 Å². The van der Waals surface area contributed by atoms with E-state index in [2.05, 4.69) is 85.5 Å². The summed E-state index contributed by atoms with van der Waals surface area (Å²) in [5.41, 5.74) is 5.28. The Balaban J connectivity index is 0.000000143. The van der Waals surface area contributed by atoms with Gasteiger partial charge in [0.1, 0.15) is 5.69 Å². The molecule has 17 heteroatoms. The summed E-state index contributed by atoms with van der Waals surface area (Å²) in [6.07, 6.45) is 11.2. The van der Waals surface area contributed by atoms with Crippen LogP contribution in [0.25, 0.3) is 0 Å². The van der Waals surface area contributed by atoms with Gasteiger partial charge in [0.05, 0.1) is 36.1 Å². The number of hydrogen-bond acceptors (Lipinski definition) is 15. The van der Waals surface area contributed by atoms with E-state index in [9.17, 15) is 9.59 Å². The van der Waals surface area contributed by atoms with Gasteiger partial charge in [-0.25, -0.2) is 19.9 Å². The van der Waals surface area contributed by atoms with Crippen molar-refractivity contribution >= 4 is 101 Å². The fraction of sp³-hybridized carbons (Fsp3) is 0.509. The van der Waals surface area contributed by atoms with E-state index in [1.165, 1.54) is 56.5 Å². The maximum atomic E-state index is 13.0. The number of thiazole rings is 4. The predicted octanol–water partition coefficient (Wildman–Crippen LogP) is 13.3. The molecular weight excluding hydrogens is 972 g/mol. The number of anilines is 6. The van der Waals surface area contributed by atoms with E-state index < -0.39 is 5.41 Å². The van der Waals surface area contributed by atoms with E-state index in [4.69, 9.17) is 21.6 Å². The van der Waals surface area contributed by atoms with Crippen LogP contribution in [0.1, 0.15) is 127 Å². The van der Waals surface area contributed by atoms with Crippen LogP contribution in [0, 0.1) is 5.41 Å². The van der Waals surface area contributed by atoms with Gasteiger partial charge in [-0.15, -0.1) is 56.9 Å². The van der Waals surface area contributed by atoms with E-state index in [1.807, 2.05) is 85.0 Å². The van der Waals surface area contributed by atoms with Gasteiger partial charge in [-0.05, 0) is 103 Å². The minimum atomic E-state index is -0.432. The summed E-state index contributed by atoms with van der Waals surface area (Å²) in [5, 5.41) is 15.9. The molecule has 2 aromatic carbocycles. The van der Waals surface area contributed by atoms with Crippen LogP contribution in [-0.4, -0.2) is 82.5 Å². The molecular formula is C53H71ClN10O2S4. The van der Waals surface area contributed by atoms with Gasteiger partial charge in [0, 0.05) is 88.7 Å². The number of amides is 1. The first-order chi connectivity index (χ1) is 34.0. The van der Waals surface area contributed by atoms with Crippen molar-refractivity contribution in [2.45, 2.75) is 143 Å². The third-order valence-corrected chi connectivity index (χ3v) is 16.2. The molecule has 0 bridgehead atoms. The first-order valence-electron chi connectivity index (χ1n) is 25.0. The monoisotopic (exact) mass is 1040 g/mol. The number of carbonyl (C=O) groups excluding carboxylic acids is 2. The minimum absolute atomic E-state index is 0.114. The third-order valence-electron chi connectivity index (χ3n) is 12.2. The molecule has 376 valence electrons. The first-order valence-corrected chi connectivity index (χ1v) is 29.0. The molecule has 4 heterocycles. The van der Waals surface area contributed by atoms with Crippen molar-refractivity contribution in [3.63, 3.8) is 0 Å². The smallest absolute Gasteiger partial charge is 0.232 e. The largest absolute Gasteiger partial charge is 0.379 e. The van der Waals surface area contributed by atoms with Crippen LogP contribution >= 0.6 is 56.9 Å². The van der Waals surface area contributed by atoms with Crippen LogP contribution in [-0.2, 0) is 23.8 Å². The fourth-order valence-corrected chi connectivity index (χ4v) is 11.9. The Kier molecular flexibility index (Phi) is 19.5. The molecule has 12 nitrogen and oxygen atoms in total. The Morgan fingerprint density at radius 3 is 1.40 bits per heavy atom. The number of aldehydes is 1. The Morgan fingerprint density at radius 1 is 0.600 bits per heavy atom. The molecule has 0 radical (unpaired) electrons. The van der Waals surface area contributed by atoms with Gasteiger partial charge in [0.15, 0.2) is 26.8 Å². The summed E-state index contributed by atoms with van der Waals surface area (Å²) < 4.78 is 0. The average molecular weight is 1040 g/mol. The highest BCUT2D eigenvalue weighted by Crippen LogP contribution is 2.37. The number of hydrogen-bond donors (Lipinski definition) is 1. The molecule has 6 aromatic rings. The van der Waals surface area contributed by atoms with Gasteiger partial charge in [0.25, 0.3) is 0 Å². The molecule has 1 N–H and O–H groups in total. The molecule has 1 amide bonds. The Bertz CT molecular complexity index is 2490. The maximum absolute atomic E-state index is 13.0. The molecule has 0 spiro atoms. The number of benzene rings is 2. The zero-order valence-corrected chi connectivity index (χ0v) is 46.0. The number of rotatable bonds is 20. The number of carbonyl (C=O) groups is 2. The number of para-hydroxylation sites is 2. The second-order valence-electron chi connectivity index (χ2n) is 18.9. The van der Waals surface area contributed by atoms with Gasteiger partial charge >= 0.3 is 0 Å². The van der Waals surface area contributed by atoms with Crippen LogP contribution in [0.4, 0.5) is 31.9 Å². The molecule has 0 atom stereocenters. The normalized spacial score (nSPS) is 15.0. The summed E-state index contributed by atoms with van der Waals surface area (Å²) in [4.78, 5) is 53.0. The van der Waals surface area contributed by atoms with Crippen molar-refractivity contribution in [1.29, 1.82) is 0 Å². The quantitative estimate of drug-likeness (QED) is 0.0582. The van der Waals surface area contributed by atoms with Crippen LogP contribution in [0.5, 0.6) is 0 Å². The molecule has 4 saturated carbocycles. The van der Waals surface area contributed by atoms with Crippen molar-refractivity contribution in [2.75, 3.05) is 56.0 Å². The topological polar surface area (TPSA) is 114 Å². The number of alkyl halides is 1. The van der Waals surface area contributed by atoms with Gasteiger partial charge < -0.3 is 29.8 Å². The molecule has 0 unspecified atom stereocenters. The van der Waals surface area contributed by atoms with Gasteiger partial charge in [-0.1, -0.05) is 57.2 Å². The average Bonchev–Trinajstić information content (AvgIpc) is 4.28. The number of nitrogens with zero attached hydrogens (tertiary/aromatic N) is 9. The second kappa shape index (κ2) is 25.7. The summed E-state index contributed by atoms with van der Waals surface area (Å²) in [6, 6.07) is 23.0. The lowest BCUT2D eigenvalue weighted by Gasteiger charge is -2.29. The lowest BCUT2D eigenvalue weighted by molar-refractivity contribution is -0.125. The van der Waals surface area contributed by atoms with E-state index in [0.29, 0.717) is 30.2 Å². The van der Waals surface area contributed by atoms with Crippen LogP contribution in [0.15, 0.2) is 82.2 Å². The zero-order chi connectivity index (χ0) is 49.6. The van der Waals surface area contributed by atoms with Crippen molar-refractivity contribution in [3.05, 3.63) is 105 Å². The minimum Gasteiger partial charge on any atom is -0.379 e. The van der Waals surface area contributed by atoms with E-state index in [0.717, 1.165) is 94.9 Å². The molecule has 0 aliphatic heterocycles. The Morgan fingerprint density at radius 2 is 1.00 bits per heavy atom. The first kappa shape index (κ1) is 53.2. The van der Waals surface area contributed by atoms with Gasteiger partial charge in [0.2, 0.25) is 5.91 Å². The van der Waals surface area contributed by atoms with E-state index in [-0.39, 0.29) is 5.91 Å². The van der Waals surface area contributed by atoms with Crippen LogP contribution < -0.4 is 29.8 Å². The summed E-state index contributed by atoms with van der Waals surface area (Å²) in [6.45, 7) is 20.0. The van der Waals surface area contributed by atoms with E-state index in [1.54, 1.807) is 45.3 Å². The summed E-state index contributed by atoms with van der Waals surface area (Å²) >= 11 is 12.4. The molecule has 70 heavy (non-hydrogen) atoms. The molecule has 4 fully saturated rings. The standard InChI is InChI=1S/C20H27N3OS.C15H19N3S.C9H13ClN2S.C9H12N2OS/c1-5-22(17-11-12-17)19-21-15(14-25-19)13-23(18(24)20(2,3)4)16-9-7-6-8-10-16;1-2-18(14-8-9-14)15-17-13(11-19-15)10-16-12-6-4-3-5-7-12;1-2-12(8-3-4-8)9-11-7(5-10)6-13-9;1-2-11(8-3-4-8)9-10-7(5-12)6-13-9/h6-10,14,17H,5,11-13H2,1-4H3;3-7,11,14,16H,2,8-10H2,1H3;6,8H,2-5H2,1H3;5-6,8H,2-4H2,1H3. The number of nitrogens with one attached hydrogen (secondary N) is 1. The lowest BCUT2D eigenvalue weighted by atomic mass is 9.94. The van der Waals surface area contributed by atoms with Crippen molar-refractivity contribution in [1.82, 2.24) is 19.9 Å². The predicted molar refractivity (Wildman–Crippen MR) is 298 cm³/mol. The summed E-state index contributed by atoms with van der Waals surface area (Å²) in [5.74, 6) is 0.640. The van der Waals surface area contributed by atoms with Crippen LogP contribution in [0.3, 0.4) is 0 Å². The highest BCUT2D eigenvalue weighted by atomic mass is 35.5. The second-order valence-corrected chi connectivity index (χ2v) is 22.5. The van der Waals surface area contributed by atoms with Crippen LogP contribution in [0.2, 0.25) is 0 Å². The molecule has 10 rings (SSSR count). The Labute approximate surface area is 437 Å². The zero-order valence-electron chi connectivity index (χ0n) is 41.9. The summed E-state index contributed by atoms with van der Waals surface area (Å²) in [7, 11) is 0. The van der Waals surface area contributed by atoms with Gasteiger partial charge in [-0.2, -0.15) is 0 Å². The molecule has 4 aromatic heterocycles. The van der Waals surface area contributed by atoms with Crippen molar-refractivity contribution < 1.29 is 9.59 Å².